The van der Waals surface area contributed by atoms with Gasteiger partial charge in [-0.1, -0.05) is 342 Å². The van der Waals surface area contributed by atoms with E-state index in [0.29, 0.717) is 6.42 Å². The van der Waals surface area contributed by atoms with Crippen molar-refractivity contribution < 1.29 is 15.0 Å². The molecule has 0 saturated carbocycles. The number of carbonyl (C=O) groups is 1. The Kier molecular flexibility index (Phi) is 64.2. The van der Waals surface area contributed by atoms with Gasteiger partial charge in [-0.05, 0) is 83.5 Å². The number of nitrogens with one attached hydrogen (secondary N) is 1. The summed E-state index contributed by atoms with van der Waals surface area (Å²) in [4.78, 5) is 12.5. The van der Waals surface area contributed by atoms with Crippen LogP contribution in [-0.2, 0) is 4.79 Å². The zero-order valence-corrected chi connectivity index (χ0v) is 50.8. The Morgan fingerprint density at radius 3 is 0.921 bits per heavy atom. The van der Waals surface area contributed by atoms with Crippen LogP contribution in [0.3, 0.4) is 0 Å². The van der Waals surface area contributed by atoms with E-state index in [-0.39, 0.29) is 12.5 Å². The van der Waals surface area contributed by atoms with Gasteiger partial charge in [-0.2, -0.15) is 0 Å². The molecule has 2 atom stereocenters. The SMILES string of the molecule is CC/C=C\C/C=C\C/C=C\C/C=C\C/C=C\C/C=C\CCCCCCCCCCCCCCCCCCCCC(=O)NC(CO)C(O)/C=C/CC/C=C/CCCCCCCCCCCCCCCCCCCCCCC. The highest BCUT2D eigenvalue weighted by molar-refractivity contribution is 5.76. The molecule has 0 saturated heterocycles. The molecule has 2 unspecified atom stereocenters. The maximum absolute atomic E-state index is 12.5. The van der Waals surface area contributed by atoms with E-state index in [4.69, 9.17) is 0 Å². The fourth-order valence-corrected chi connectivity index (χ4v) is 10.0. The lowest BCUT2D eigenvalue weighted by atomic mass is 10.0. The van der Waals surface area contributed by atoms with E-state index in [2.05, 4.69) is 104 Å². The molecule has 4 heteroatoms. The number of aliphatic hydroxyl groups is 2. The van der Waals surface area contributed by atoms with Crippen LogP contribution >= 0.6 is 0 Å². The summed E-state index contributed by atoms with van der Waals surface area (Å²) in [5.41, 5.74) is 0. The fraction of sp³-hybridized carbons (Fsp3) is 0.764. The Morgan fingerprint density at radius 2 is 0.592 bits per heavy atom. The first-order chi connectivity index (χ1) is 37.7. The quantitative estimate of drug-likeness (QED) is 0.0420. The third-order valence-electron chi connectivity index (χ3n) is 15.1. The Labute approximate surface area is 474 Å². The molecule has 1 amide bonds. The van der Waals surface area contributed by atoms with E-state index in [1.54, 1.807) is 6.08 Å². The number of hydrogen-bond acceptors (Lipinski definition) is 3. The molecule has 0 aromatic heterocycles. The van der Waals surface area contributed by atoms with Gasteiger partial charge in [0.1, 0.15) is 0 Å². The Balaban J connectivity index is 3.50. The van der Waals surface area contributed by atoms with Gasteiger partial charge < -0.3 is 15.5 Å². The van der Waals surface area contributed by atoms with Crippen molar-refractivity contribution in [2.24, 2.45) is 0 Å². The molecule has 0 rings (SSSR count). The van der Waals surface area contributed by atoms with Crippen LogP contribution in [0, 0.1) is 0 Å². The minimum atomic E-state index is -0.867. The fourth-order valence-electron chi connectivity index (χ4n) is 10.0. The number of aliphatic hydroxyl groups excluding tert-OH is 2. The van der Waals surface area contributed by atoms with Crippen molar-refractivity contribution in [1.29, 1.82) is 0 Å². The average molecular weight is 1060 g/mol. The van der Waals surface area contributed by atoms with Crippen molar-refractivity contribution in [3.05, 3.63) is 97.2 Å². The minimum absolute atomic E-state index is 0.0712. The van der Waals surface area contributed by atoms with E-state index in [9.17, 15) is 15.0 Å². The van der Waals surface area contributed by atoms with Crippen molar-refractivity contribution in [1.82, 2.24) is 5.32 Å². The molecular weight excluding hydrogens is 927 g/mol. The van der Waals surface area contributed by atoms with Gasteiger partial charge in [0.15, 0.2) is 0 Å². The molecule has 76 heavy (non-hydrogen) atoms. The van der Waals surface area contributed by atoms with Crippen LogP contribution in [0.15, 0.2) is 97.2 Å². The molecule has 0 fully saturated rings. The van der Waals surface area contributed by atoms with Gasteiger partial charge >= 0.3 is 0 Å². The highest BCUT2D eigenvalue weighted by Crippen LogP contribution is 2.18. The first-order valence-electron chi connectivity index (χ1n) is 33.5. The first kappa shape index (κ1) is 73.3. The summed E-state index contributed by atoms with van der Waals surface area (Å²) in [6, 6.07) is -0.644. The lowest BCUT2D eigenvalue weighted by Crippen LogP contribution is -2.45. The predicted molar refractivity (Wildman–Crippen MR) is 340 cm³/mol. The number of rotatable bonds is 61. The van der Waals surface area contributed by atoms with Gasteiger partial charge in [-0.3, -0.25) is 4.79 Å². The van der Waals surface area contributed by atoms with Crippen molar-refractivity contribution >= 4 is 5.91 Å². The van der Waals surface area contributed by atoms with Crippen LogP contribution in [0.1, 0.15) is 335 Å². The molecule has 0 spiro atoms. The van der Waals surface area contributed by atoms with Gasteiger partial charge in [-0.15, -0.1) is 0 Å². The topological polar surface area (TPSA) is 69.6 Å². The molecule has 440 valence electrons. The molecule has 0 bridgehead atoms. The lowest BCUT2D eigenvalue weighted by Gasteiger charge is -2.19. The largest absolute Gasteiger partial charge is 0.394 e. The number of hydrogen-bond donors (Lipinski definition) is 3. The molecule has 0 aromatic rings. The summed E-state index contributed by atoms with van der Waals surface area (Å²) in [6.07, 6.45) is 99.1. The zero-order valence-electron chi connectivity index (χ0n) is 50.8. The second-order valence-corrected chi connectivity index (χ2v) is 22.5. The summed E-state index contributed by atoms with van der Waals surface area (Å²) in [5, 5.41) is 23.2. The van der Waals surface area contributed by atoms with Gasteiger partial charge in [0.2, 0.25) is 5.91 Å². The van der Waals surface area contributed by atoms with E-state index in [1.807, 2.05) is 6.08 Å². The molecule has 0 aliphatic rings. The second kappa shape index (κ2) is 66.6. The van der Waals surface area contributed by atoms with Crippen molar-refractivity contribution in [3.8, 4) is 0 Å². The van der Waals surface area contributed by atoms with Gasteiger partial charge in [0, 0.05) is 6.42 Å². The average Bonchev–Trinajstić information content (AvgIpc) is 3.42. The second-order valence-electron chi connectivity index (χ2n) is 22.5. The normalized spacial score (nSPS) is 13.4. The van der Waals surface area contributed by atoms with Crippen molar-refractivity contribution in [2.45, 2.75) is 347 Å². The third kappa shape index (κ3) is 62.2. The Bertz CT molecular complexity index is 1380. The van der Waals surface area contributed by atoms with E-state index in [0.717, 1.165) is 70.6 Å². The summed E-state index contributed by atoms with van der Waals surface area (Å²) < 4.78 is 0. The Morgan fingerprint density at radius 1 is 0.329 bits per heavy atom. The molecule has 0 aliphatic heterocycles. The van der Waals surface area contributed by atoms with Gasteiger partial charge in [-0.25, -0.2) is 0 Å². The van der Waals surface area contributed by atoms with Crippen LogP contribution in [0.4, 0.5) is 0 Å². The van der Waals surface area contributed by atoms with Gasteiger partial charge in [0.25, 0.3) is 0 Å². The summed E-state index contributed by atoms with van der Waals surface area (Å²) in [5.74, 6) is -0.0712. The van der Waals surface area contributed by atoms with E-state index < -0.39 is 12.1 Å². The van der Waals surface area contributed by atoms with Crippen LogP contribution in [0.2, 0.25) is 0 Å². The van der Waals surface area contributed by atoms with Crippen LogP contribution in [0.5, 0.6) is 0 Å². The van der Waals surface area contributed by atoms with Crippen molar-refractivity contribution in [3.63, 3.8) is 0 Å². The Hall–Kier alpha value is -2.69. The molecule has 0 aromatic carbocycles. The number of carbonyl (C=O) groups excluding carboxylic acids is 1. The maximum atomic E-state index is 12.5. The smallest absolute Gasteiger partial charge is 0.220 e. The summed E-state index contributed by atoms with van der Waals surface area (Å²) in [6.45, 7) is 4.21. The number of allylic oxidation sites excluding steroid dienone is 15. The number of amides is 1. The van der Waals surface area contributed by atoms with Gasteiger partial charge in [0.05, 0.1) is 18.8 Å². The predicted octanol–water partition coefficient (Wildman–Crippen LogP) is 22.8. The highest BCUT2D eigenvalue weighted by Gasteiger charge is 2.18. The van der Waals surface area contributed by atoms with Crippen LogP contribution in [0.25, 0.3) is 0 Å². The molecule has 3 N–H and O–H groups in total. The maximum Gasteiger partial charge on any atom is 0.220 e. The molecular formula is C72H129NO3. The van der Waals surface area contributed by atoms with Crippen LogP contribution < -0.4 is 5.32 Å². The van der Waals surface area contributed by atoms with Crippen LogP contribution in [-0.4, -0.2) is 34.9 Å². The molecule has 0 aliphatic carbocycles. The lowest BCUT2D eigenvalue weighted by molar-refractivity contribution is -0.123. The summed E-state index contributed by atoms with van der Waals surface area (Å²) in [7, 11) is 0. The molecule has 4 nitrogen and oxygen atoms in total. The zero-order chi connectivity index (χ0) is 54.8. The minimum Gasteiger partial charge on any atom is -0.394 e. The summed E-state index contributed by atoms with van der Waals surface area (Å²) >= 11 is 0. The van der Waals surface area contributed by atoms with E-state index in [1.165, 1.54) is 244 Å². The molecule has 0 heterocycles. The highest BCUT2D eigenvalue weighted by atomic mass is 16.3. The van der Waals surface area contributed by atoms with E-state index >= 15 is 0 Å². The van der Waals surface area contributed by atoms with Crippen molar-refractivity contribution in [2.75, 3.05) is 6.61 Å². The third-order valence-corrected chi connectivity index (χ3v) is 15.1. The first-order valence-corrected chi connectivity index (χ1v) is 33.5. The standard InChI is InChI=1S/C72H129NO3/c1-3-5-7-9-11-13-15-17-19-21-23-25-27-29-31-32-33-34-35-36-37-38-39-40-42-44-46-48-50-52-54-56-58-60-62-64-66-68-72(76)73-70(69-74)71(75)67-65-63-61-59-57-55-53-51-49-47-45-43-41-30-28-26-24-22-20-18-16-14-12-10-8-6-4-2/h5,7,11,13,17,19,23,25,29,31,33-34,57,59,65,67,70-71,74-75H,3-4,6,8-10,12,14-16,18,20-22,24,26-28,30,32,35-56,58,60-64,66,68-69H2,1-2H3,(H,73,76)/b7-5-,13-11-,19-17-,25-23-,31-29-,34-33-,59-57+,67-65+. The monoisotopic (exact) mass is 1060 g/mol. The molecule has 0 radical (unpaired) electrons. The number of unbranched alkanes of at least 4 members (excludes halogenated alkanes) is 40.